The number of nitrogens with zero attached hydrogens (tertiary/aromatic N) is 3. The molecule has 0 amide bonds. The Morgan fingerprint density at radius 3 is 2.84 bits per heavy atom. The number of benzene rings is 1. The zero-order valence-corrected chi connectivity index (χ0v) is 13.4. The number of ether oxygens (including phenoxy) is 1. The Morgan fingerprint density at radius 1 is 1.40 bits per heavy atom. The predicted octanol–water partition coefficient (Wildman–Crippen LogP) is 1.71. The van der Waals surface area contributed by atoms with Crippen LogP contribution in [0.25, 0.3) is 0 Å². The lowest BCUT2D eigenvalue weighted by Gasteiger charge is -2.29. The maximum Gasteiger partial charge on any atom is 0.315 e. The Morgan fingerprint density at radius 2 is 2.16 bits per heavy atom. The summed E-state index contributed by atoms with van der Waals surface area (Å²) in [5.41, 5.74) is 0.464. The van der Waals surface area contributed by atoms with Gasteiger partial charge in [0.2, 0.25) is 0 Å². The van der Waals surface area contributed by atoms with Crippen LogP contribution in [0.5, 0.6) is 0 Å². The molecule has 0 radical (unpaired) electrons. The van der Waals surface area contributed by atoms with E-state index < -0.39 is 28.3 Å². The number of methoxy groups -OCH3 is 1. The normalized spacial score (nSPS) is 18.9. The van der Waals surface area contributed by atoms with Crippen LogP contribution >= 0.6 is 0 Å². The minimum Gasteiger partial charge on any atom is -0.468 e. The first-order valence-corrected chi connectivity index (χ1v) is 7.39. The summed E-state index contributed by atoms with van der Waals surface area (Å²) < 4.78 is 4.86. The SMILES string of the molecule is COC(=O)C1C(C)=Nc2nc[nH]c(=O)c2C1c1cccc([N+](=O)[O-])c1. The number of carbonyl (C=O) groups is 1. The molecule has 0 saturated carbocycles. The molecule has 0 fully saturated rings. The van der Waals surface area contributed by atoms with E-state index in [4.69, 9.17) is 4.74 Å². The summed E-state index contributed by atoms with van der Waals surface area (Å²) in [6.45, 7) is 1.64. The van der Waals surface area contributed by atoms with Crippen LogP contribution in [0.15, 0.2) is 40.4 Å². The van der Waals surface area contributed by atoms with Gasteiger partial charge in [-0.3, -0.25) is 19.7 Å². The third kappa shape index (κ3) is 2.80. The van der Waals surface area contributed by atoms with Crippen LogP contribution in [0.2, 0.25) is 0 Å². The van der Waals surface area contributed by atoms with Crippen molar-refractivity contribution in [1.82, 2.24) is 9.97 Å². The number of nitro groups is 1. The number of hydrogen-bond acceptors (Lipinski definition) is 7. The van der Waals surface area contributed by atoms with Gasteiger partial charge < -0.3 is 9.72 Å². The number of carbonyl (C=O) groups excluding carboxylic acids is 1. The van der Waals surface area contributed by atoms with E-state index in [1.54, 1.807) is 13.0 Å². The average Bonchev–Trinajstić information content (AvgIpc) is 2.60. The van der Waals surface area contributed by atoms with E-state index in [-0.39, 0.29) is 17.1 Å². The van der Waals surface area contributed by atoms with Crippen LogP contribution in [-0.4, -0.2) is 33.7 Å². The van der Waals surface area contributed by atoms with Crippen molar-refractivity contribution in [2.75, 3.05) is 7.11 Å². The topological polar surface area (TPSA) is 128 Å². The molecule has 2 unspecified atom stereocenters. The lowest BCUT2D eigenvalue weighted by Crippen LogP contribution is -2.36. The fourth-order valence-electron chi connectivity index (χ4n) is 3.04. The Kier molecular flexibility index (Phi) is 4.14. The summed E-state index contributed by atoms with van der Waals surface area (Å²) in [5.74, 6) is -2.04. The van der Waals surface area contributed by atoms with Crippen LogP contribution in [0, 0.1) is 16.0 Å². The van der Waals surface area contributed by atoms with Crippen LogP contribution in [0.4, 0.5) is 11.5 Å². The highest BCUT2D eigenvalue weighted by atomic mass is 16.6. The Balaban J connectivity index is 2.28. The lowest BCUT2D eigenvalue weighted by molar-refractivity contribution is -0.384. The number of non-ortho nitro benzene ring substituents is 1. The Bertz CT molecular complexity index is 950. The Hall–Kier alpha value is -3.36. The lowest BCUT2D eigenvalue weighted by atomic mass is 9.77. The first-order valence-electron chi connectivity index (χ1n) is 7.39. The standard InChI is InChI=1S/C16H14N4O5/c1-8-11(16(22)25-2)12(9-4-3-5-10(6-9)20(23)24)13-14(19-8)17-7-18-15(13)21/h3-7,11-12H,1-2H3,(H,17,18,21). The van der Waals surface area contributed by atoms with Crippen molar-refractivity contribution in [2.45, 2.75) is 12.8 Å². The number of aliphatic imine (C=N–C) groups is 1. The summed E-state index contributed by atoms with van der Waals surface area (Å²) in [6, 6.07) is 5.82. The first-order chi connectivity index (χ1) is 11.9. The van der Waals surface area contributed by atoms with Crippen molar-refractivity contribution in [3.05, 3.63) is 62.2 Å². The third-order valence-corrected chi connectivity index (χ3v) is 4.14. The maximum atomic E-state index is 12.4. The van der Waals surface area contributed by atoms with Gasteiger partial charge in [-0.05, 0) is 12.5 Å². The van der Waals surface area contributed by atoms with Crippen molar-refractivity contribution < 1.29 is 14.5 Å². The maximum absolute atomic E-state index is 12.4. The molecule has 2 heterocycles. The number of rotatable bonds is 3. The van der Waals surface area contributed by atoms with Crippen LogP contribution < -0.4 is 5.56 Å². The number of aromatic amines is 1. The molecule has 0 bridgehead atoms. The molecule has 1 N–H and O–H groups in total. The van der Waals surface area contributed by atoms with Crippen molar-refractivity contribution in [3.63, 3.8) is 0 Å². The number of nitrogens with one attached hydrogen (secondary N) is 1. The molecule has 25 heavy (non-hydrogen) atoms. The highest BCUT2D eigenvalue weighted by Crippen LogP contribution is 2.40. The van der Waals surface area contributed by atoms with Crippen molar-refractivity contribution in [1.29, 1.82) is 0 Å². The second-order valence-electron chi connectivity index (χ2n) is 5.55. The highest BCUT2D eigenvalue weighted by Gasteiger charge is 2.40. The molecular formula is C16H14N4O5. The van der Waals surface area contributed by atoms with E-state index in [9.17, 15) is 19.7 Å². The molecule has 1 aromatic heterocycles. The number of nitro benzene ring substituents is 1. The summed E-state index contributed by atoms with van der Waals surface area (Å²) >= 11 is 0. The van der Waals surface area contributed by atoms with Gasteiger partial charge in [0.25, 0.3) is 11.2 Å². The molecule has 2 aromatic rings. The number of fused-ring (bicyclic) bond motifs is 1. The van der Waals surface area contributed by atoms with E-state index >= 15 is 0 Å². The van der Waals surface area contributed by atoms with Crippen molar-refractivity contribution in [3.8, 4) is 0 Å². The monoisotopic (exact) mass is 342 g/mol. The van der Waals surface area contributed by atoms with Gasteiger partial charge in [0.05, 0.1) is 23.9 Å². The minimum absolute atomic E-state index is 0.136. The van der Waals surface area contributed by atoms with Crippen LogP contribution in [0.3, 0.4) is 0 Å². The number of aromatic nitrogens is 2. The van der Waals surface area contributed by atoms with Gasteiger partial charge in [-0.2, -0.15) is 0 Å². The van der Waals surface area contributed by atoms with Gasteiger partial charge in [-0.1, -0.05) is 12.1 Å². The molecule has 1 aliphatic rings. The molecule has 1 aromatic carbocycles. The van der Waals surface area contributed by atoms with Gasteiger partial charge in [-0.15, -0.1) is 0 Å². The second-order valence-corrected chi connectivity index (χ2v) is 5.55. The van der Waals surface area contributed by atoms with E-state index in [0.717, 1.165) is 0 Å². The largest absolute Gasteiger partial charge is 0.468 e. The fraction of sp³-hybridized carbons (Fsp3) is 0.250. The third-order valence-electron chi connectivity index (χ3n) is 4.14. The van der Waals surface area contributed by atoms with E-state index in [1.165, 1.54) is 31.6 Å². The fourth-order valence-corrected chi connectivity index (χ4v) is 3.04. The summed E-state index contributed by atoms with van der Waals surface area (Å²) in [5, 5.41) is 11.1. The van der Waals surface area contributed by atoms with E-state index in [2.05, 4.69) is 15.0 Å². The number of hydrogen-bond donors (Lipinski definition) is 1. The van der Waals surface area contributed by atoms with Gasteiger partial charge in [0.15, 0.2) is 5.82 Å². The second kappa shape index (κ2) is 6.27. The molecule has 2 atom stereocenters. The Labute approximate surface area is 141 Å². The highest BCUT2D eigenvalue weighted by molar-refractivity contribution is 6.04. The summed E-state index contributed by atoms with van der Waals surface area (Å²) in [6.07, 6.45) is 1.22. The van der Waals surface area contributed by atoms with Gasteiger partial charge >= 0.3 is 5.97 Å². The molecule has 9 nitrogen and oxygen atoms in total. The predicted molar refractivity (Wildman–Crippen MR) is 88.1 cm³/mol. The van der Waals surface area contributed by atoms with Crippen molar-refractivity contribution in [2.24, 2.45) is 10.9 Å². The van der Waals surface area contributed by atoms with Crippen LogP contribution in [0.1, 0.15) is 24.0 Å². The van der Waals surface area contributed by atoms with Crippen LogP contribution in [-0.2, 0) is 9.53 Å². The average molecular weight is 342 g/mol. The molecule has 0 spiro atoms. The van der Waals surface area contributed by atoms with Crippen molar-refractivity contribution >= 4 is 23.2 Å². The van der Waals surface area contributed by atoms with E-state index in [1.807, 2.05) is 0 Å². The molecular weight excluding hydrogens is 328 g/mol. The smallest absolute Gasteiger partial charge is 0.315 e. The van der Waals surface area contributed by atoms with Gasteiger partial charge in [-0.25, -0.2) is 9.98 Å². The summed E-state index contributed by atoms with van der Waals surface area (Å²) in [7, 11) is 1.24. The number of H-pyrrole nitrogens is 1. The van der Waals surface area contributed by atoms with Gasteiger partial charge in [0, 0.05) is 23.8 Å². The zero-order chi connectivity index (χ0) is 18.1. The number of esters is 1. The quantitative estimate of drug-likeness (QED) is 0.514. The molecule has 1 aliphatic heterocycles. The molecule has 0 saturated heterocycles. The molecule has 0 aliphatic carbocycles. The summed E-state index contributed by atoms with van der Waals surface area (Å²) in [4.78, 5) is 46.0. The first kappa shape index (κ1) is 16.5. The molecule has 9 heteroatoms. The zero-order valence-electron chi connectivity index (χ0n) is 13.4. The minimum atomic E-state index is -0.871. The molecule has 128 valence electrons. The van der Waals surface area contributed by atoms with Gasteiger partial charge in [0.1, 0.15) is 5.92 Å². The van der Waals surface area contributed by atoms with E-state index in [0.29, 0.717) is 11.3 Å². The molecule has 3 rings (SSSR count).